The van der Waals surface area contributed by atoms with Crippen LogP contribution in [-0.2, 0) is 9.53 Å². The van der Waals surface area contributed by atoms with Crippen LogP contribution >= 0.6 is 11.3 Å². The fourth-order valence-electron chi connectivity index (χ4n) is 4.11. The Kier molecular flexibility index (Phi) is 5.40. The Hall–Kier alpha value is -2.87. The Balaban J connectivity index is 1.24. The molecule has 1 N–H and O–H groups in total. The average molecular weight is 440 g/mol. The van der Waals surface area contributed by atoms with Crippen molar-refractivity contribution in [3.05, 3.63) is 40.8 Å². The number of carbonyl (C=O) groups is 2. The van der Waals surface area contributed by atoms with Crippen molar-refractivity contribution in [2.45, 2.75) is 38.5 Å². The molecule has 5 rings (SSSR count). The Morgan fingerprint density at radius 3 is 2.71 bits per heavy atom. The topological polar surface area (TPSA) is 84.7 Å². The van der Waals surface area contributed by atoms with E-state index in [9.17, 15) is 9.59 Å². The first-order valence-electron chi connectivity index (χ1n) is 10.8. The van der Waals surface area contributed by atoms with Crippen LogP contribution in [0.5, 0.6) is 0 Å². The number of carbonyl (C=O) groups excluding carboxylic acids is 2. The summed E-state index contributed by atoms with van der Waals surface area (Å²) in [4.78, 5) is 32.1. The average Bonchev–Trinajstić information content (AvgIpc) is 3.40. The molecule has 1 saturated heterocycles. The summed E-state index contributed by atoms with van der Waals surface area (Å²) in [7, 11) is 0. The second-order valence-electron chi connectivity index (χ2n) is 8.10. The van der Waals surface area contributed by atoms with E-state index in [4.69, 9.17) is 9.15 Å². The molecule has 1 aliphatic heterocycles. The number of rotatable bonds is 6. The number of amides is 1. The zero-order valence-electron chi connectivity index (χ0n) is 17.4. The number of aromatic nitrogens is 1. The molecule has 7 nitrogen and oxygen atoms in total. The Labute approximate surface area is 184 Å². The molecule has 8 heteroatoms. The number of thiophene rings is 1. The number of nitrogens with zero attached hydrogens (tertiary/aromatic N) is 2. The first-order valence-corrected chi connectivity index (χ1v) is 11.7. The van der Waals surface area contributed by atoms with Crippen LogP contribution in [0.1, 0.15) is 54.4 Å². The van der Waals surface area contributed by atoms with E-state index in [2.05, 4.69) is 15.2 Å². The number of hydrogen-bond donors (Lipinski definition) is 1. The Morgan fingerprint density at radius 1 is 1.23 bits per heavy atom. The largest absolute Gasteiger partial charge is 0.462 e. The first-order chi connectivity index (χ1) is 15.1. The van der Waals surface area contributed by atoms with Crippen molar-refractivity contribution in [1.29, 1.82) is 0 Å². The van der Waals surface area contributed by atoms with Crippen molar-refractivity contribution < 1.29 is 18.7 Å². The van der Waals surface area contributed by atoms with Gasteiger partial charge >= 0.3 is 5.97 Å². The summed E-state index contributed by atoms with van der Waals surface area (Å²) in [5.74, 6) is -0.0679. The summed E-state index contributed by atoms with van der Waals surface area (Å²) in [6, 6.07) is 8.31. The van der Waals surface area contributed by atoms with Gasteiger partial charge in [0.2, 0.25) is 5.91 Å². The highest BCUT2D eigenvalue weighted by atomic mass is 32.1. The number of esters is 1. The van der Waals surface area contributed by atoms with Gasteiger partial charge in [0, 0.05) is 19.0 Å². The maximum Gasteiger partial charge on any atom is 0.341 e. The van der Waals surface area contributed by atoms with Crippen molar-refractivity contribution in [2.24, 2.45) is 5.92 Å². The van der Waals surface area contributed by atoms with Gasteiger partial charge in [-0.25, -0.2) is 4.79 Å². The quantitative estimate of drug-likeness (QED) is 0.556. The molecule has 31 heavy (non-hydrogen) atoms. The van der Waals surface area contributed by atoms with Gasteiger partial charge < -0.3 is 19.4 Å². The molecule has 0 bridgehead atoms. The number of ether oxygens (including phenoxy) is 1. The number of oxazole rings is 1. The van der Waals surface area contributed by atoms with Crippen LogP contribution < -0.4 is 10.2 Å². The van der Waals surface area contributed by atoms with Crippen LogP contribution in [0.2, 0.25) is 0 Å². The van der Waals surface area contributed by atoms with E-state index in [-0.39, 0.29) is 17.8 Å². The number of fused-ring (bicyclic) bond motifs is 1. The Morgan fingerprint density at radius 2 is 2.00 bits per heavy atom. The van der Waals surface area contributed by atoms with E-state index in [1.54, 1.807) is 6.92 Å². The van der Waals surface area contributed by atoms with Gasteiger partial charge in [-0.15, -0.1) is 11.3 Å². The number of nitrogens with one attached hydrogen (secondary N) is 1. The monoisotopic (exact) mass is 439 g/mol. The van der Waals surface area contributed by atoms with E-state index < -0.39 is 0 Å². The third kappa shape index (κ3) is 4.04. The van der Waals surface area contributed by atoms with E-state index in [0.717, 1.165) is 29.5 Å². The number of para-hydroxylation sites is 2. The molecule has 2 aromatic heterocycles. The van der Waals surface area contributed by atoms with Gasteiger partial charge in [-0.2, -0.15) is 4.98 Å². The number of piperidine rings is 1. The van der Waals surface area contributed by atoms with Gasteiger partial charge in [-0.1, -0.05) is 12.1 Å². The molecule has 0 spiro atoms. The lowest BCUT2D eigenvalue weighted by Crippen LogP contribution is -2.38. The van der Waals surface area contributed by atoms with Crippen LogP contribution in [0.4, 0.5) is 11.0 Å². The third-order valence-corrected chi connectivity index (χ3v) is 6.89. The molecule has 1 aliphatic carbocycles. The SMILES string of the molecule is CCOC(=O)c1c(C2CC2)csc1NC(=O)C1CCN(c2nc3ccccc3o2)CC1. The minimum atomic E-state index is -0.341. The molecule has 2 fully saturated rings. The van der Waals surface area contributed by atoms with Crippen LogP contribution in [-0.4, -0.2) is 36.6 Å². The molecular formula is C23H25N3O4S. The second-order valence-corrected chi connectivity index (χ2v) is 8.98. The third-order valence-electron chi connectivity index (χ3n) is 5.97. The highest BCUT2D eigenvalue weighted by Crippen LogP contribution is 2.46. The fraction of sp³-hybridized carbons (Fsp3) is 0.435. The van der Waals surface area contributed by atoms with Gasteiger partial charge in [0.25, 0.3) is 6.01 Å². The molecule has 162 valence electrons. The number of benzene rings is 1. The normalized spacial score (nSPS) is 17.1. The maximum absolute atomic E-state index is 13.0. The van der Waals surface area contributed by atoms with Gasteiger partial charge in [-0.05, 0) is 61.6 Å². The van der Waals surface area contributed by atoms with Gasteiger partial charge in [0.05, 0.1) is 12.2 Å². The fourth-order valence-corrected chi connectivity index (χ4v) is 5.15. The van der Waals surface area contributed by atoms with Crippen LogP contribution in [0.25, 0.3) is 11.1 Å². The number of hydrogen-bond acceptors (Lipinski definition) is 7. The maximum atomic E-state index is 13.0. The molecule has 1 aromatic carbocycles. The molecule has 0 unspecified atom stereocenters. The van der Waals surface area contributed by atoms with Gasteiger partial charge in [0.15, 0.2) is 5.58 Å². The lowest BCUT2D eigenvalue weighted by atomic mass is 9.96. The van der Waals surface area contributed by atoms with E-state index in [0.29, 0.717) is 55.0 Å². The lowest BCUT2D eigenvalue weighted by molar-refractivity contribution is -0.120. The zero-order chi connectivity index (χ0) is 21.4. The Bertz CT molecular complexity index is 1080. The van der Waals surface area contributed by atoms with Crippen molar-refractivity contribution in [2.75, 3.05) is 29.9 Å². The predicted octanol–water partition coefficient (Wildman–Crippen LogP) is 4.80. The molecular weight excluding hydrogens is 414 g/mol. The predicted molar refractivity (Wildman–Crippen MR) is 120 cm³/mol. The summed E-state index contributed by atoms with van der Waals surface area (Å²) in [5.41, 5.74) is 3.18. The molecule has 3 aromatic rings. The smallest absolute Gasteiger partial charge is 0.341 e. The minimum absolute atomic E-state index is 0.0352. The summed E-state index contributed by atoms with van der Waals surface area (Å²) >= 11 is 1.42. The number of anilines is 2. The van der Waals surface area contributed by atoms with Crippen molar-refractivity contribution in [1.82, 2.24) is 4.98 Å². The molecule has 0 atom stereocenters. The highest BCUT2D eigenvalue weighted by molar-refractivity contribution is 7.15. The first kappa shape index (κ1) is 20.1. The molecule has 2 aliphatic rings. The zero-order valence-corrected chi connectivity index (χ0v) is 18.2. The van der Waals surface area contributed by atoms with Crippen molar-refractivity contribution >= 4 is 45.3 Å². The summed E-state index contributed by atoms with van der Waals surface area (Å²) in [6.07, 6.45) is 3.59. The van der Waals surface area contributed by atoms with Gasteiger partial charge in [0.1, 0.15) is 10.5 Å². The highest BCUT2D eigenvalue weighted by Gasteiger charge is 2.33. The lowest BCUT2D eigenvalue weighted by Gasteiger charge is -2.30. The second kappa shape index (κ2) is 8.34. The van der Waals surface area contributed by atoms with Crippen molar-refractivity contribution in [3.8, 4) is 0 Å². The molecule has 3 heterocycles. The van der Waals surface area contributed by atoms with E-state index in [1.165, 1.54) is 11.3 Å². The van der Waals surface area contributed by atoms with E-state index >= 15 is 0 Å². The van der Waals surface area contributed by atoms with Gasteiger partial charge in [-0.3, -0.25) is 4.79 Å². The van der Waals surface area contributed by atoms with Crippen molar-refractivity contribution in [3.63, 3.8) is 0 Å². The van der Waals surface area contributed by atoms with Crippen LogP contribution in [0, 0.1) is 5.92 Å². The molecule has 0 radical (unpaired) electrons. The summed E-state index contributed by atoms with van der Waals surface area (Å²) in [5, 5.41) is 5.63. The summed E-state index contributed by atoms with van der Waals surface area (Å²) in [6.45, 7) is 3.52. The minimum Gasteiger partial charge on any atom is -0.462 e. The summed E-state index contributed by atoms with van der Waals surface area (Å²) < 4.78 is 11.1. The standard InChI is InChI=1S/C23H25N3O4S/c1-2-29-22(28)19-16(14-7-8-14)13-31-21(19)25-20(27)15-9-11-26(12-10-15)23-24-17-5-3-4-6-18(17)30-23/h3-6,13-15H,2,7-12H2,1H3,(H,25,27). The van der Waals surface area contributed by atoms with E-state index in [1.807, 2.05) is 29.6 Å². The molecule has 1 amide bonds. The van der Waals surface area contributed by atoms with Crippen LogP contribution in [0.3, 0.4) is 0 Å². The molecule has 1 saturated carbocycles. The van der Waals surface area contributed by atoms with Crippen LogP contribution in [0.15, 0.2) is 34.1 Å².